The van der Waals surface area contributed by atoms with E-state index in [2.05, 4.69) is 33.7 Å². The number of H-pyrrole nitrogens is 1. The maximum Gasteiger partial charge on any atom is 0.111 e. The zero-order chi connectivity index (χ0) is 13.2. The Hall–Kier alpha value is -1.58. The lowest BCUT2D eigenvalue weighted by molar-refractivity contribution is 1.02. The van der Waals surface area contributed by atoms with Crippen molar-refractivity contribution < 1.29 is 0 Å². The number of nitrogens with one attached hydrogen (secondary N) is 1. The van der Waals surface area contributed by atoms with Crippen molar-refractivity contribution in [3.63, 3.8) is 0 Å². The van der Waals surface area contributed by atoms with Gasteiger partial charge in [-0.3, -0.25) is 0 Å². The maximum absolute atomic E-state index is 5.89. The highest BCUT2D eigenvalue weighted by atomic mass is 35.5. The van der Waals surface area contributed by atoms with Crippen molar-refractivity contribution in [3.8, 4) is 11.3 Å². The molecule has 4 heteroatoms. The minimum Gasteiger partial charge on any atom is -0.345 e. The van der Waals surface area contributed by atoms with E-state index in [0.717, 1.165) is 28.7 Å². The molecule has 0 atom stereocenters. The topological polar surface area (TPSA) is 28.7 Å². The van der Waals surface area contributed by atoms with E-state index in [9.17, 15) is 0 Å². The summed E-state index contributed by atoms with van der Waals surface area (Å²) in [4.78, 5) is 8.04. The molecule has 0 unspecified atom stereocenters. The second-order valence-corrected chi connectivity index (χ2v) is 5.69. The number of benzene rings is 1. The number of halogens is 1. The first-order chi connectivity index (χ1) is 9.22. The molecule has 0 aliphatic rings. The lowest BCUT2D eigenvalue weighted by atomic mass is 10.1. The van der Waals surface area contributed by atoms with Gasteiger partial charge in [0.1, 0.15) is 5.82 Å². The SMILES string of the molecule is Cc1[nH]c(Cc2ccc(Cl)cc2)nc1-c1ccsc1. The van der Waals surface area contributed by atoms with Crippen LogP contribution >= 0.6 is 22.9 Å². The van der Waals surface area contributed by atoms with Crippen molar-refractivity contribution in [3.05, 3.63) is 63.2 Å². The van der Waals surface area contributed by atoms with Crippen molar-refractivity contribution in [1.82, 2.24) is 9.97 Å². The molecule has 0 aliphatic heterocycles. The Bertz CT molecular complexity index is 669. The summed E-state index contributed by atoms with van der Waals surface area (Å²) in [6.07, 6.45) is 0.794. The quantitative estimate of drug-likeness (QED) is 0.744. The molecule has 0 amide bonds. The fraction of sp³-hybridized carbons (Fsp3) is 0.133. The van der Waals surface area contributed by atoms with Crippen LogP contribution in [0.3, 0.4) is 0 Å². The lowest BCUT2D eigenvalue weighted by Crippen LogP contribution is -1.90. The summed E-state index contributed by atoms with van der Waals surface area (Å²) in [5.41, 5.74) is 4.55. The van der Waals surface area contributed by atoms with Crippen LogP contribution in [0.1, 0.15) is 17.1 Å². The third-order valence-electron chi connectivity index (χ3n) is 3.01. The van der Waals surface area contributed by atoms with Gasteiger partial charge in [0.2, 0.25) is 0 Å². The molecule has 2 nitrogen and oxygen atoms in total. The Labute approximate surface area is 121 Å². The van der Waals surface area contributed by atoms with Crippen LogP contribution in [0.25, 0.3) is 11.3 Å². The van der Waals surface area contributed by atoms with Crippen LogP contribution < -0.4 is 0 Å². The Morgan fingerprint density at radius 1 is 1.21 bits per heavy atom. The summed E-state index contributed by atoms with van der Waals surface area (Å²) in [5.74, 6) is 0.987. The van der Waals surface area contributed by atoms with E-state index in [-0.39, 0.29) is 0 Å². The number of aromatic nitrogens is 2. The molecule has 0 radical (unpaired) electrons. The molecule has 19 heavy (non-hydrogen) atoms. The van der Waals surface area contributed by atoms with E-state index in [1.165, 1.54) is 11.1 Å². The van der Waals surface area contributed by atoms with Crippen LogP contribution in [-0.2, 0) is 6.42 Å². The third kappa shape index (κ3) is 2.72. The highest BCUT2D eigenvalue weighted by molar-refractivity contribution is 7.08. The van der Waals surface area contributed by atoms with Gasteiger partial charge in [0, 0.05) is 28.1 Å². The predicted octanol–water partition coefficient (Wildman–Crippen LogP) is 4.69. The molecule has 0 saturated heterocycles. The zero-order valence-electron chi connectivity index (χ0n) is 10.5. The van der Waals surface area contributed by atoms with Crippen LogP contribution in [-0.4, -0.2) is 9.97 Å². The summed E-state index contributed by atoms with van der Waals surface area (Å²) in [6.45, 7) is 2.06. The van der Waals surface area contributed by atoms with E-state index in [1.54, 1.807) is 11.3 Å². The van der Waals surface area contributed by atoms with Crippen molar-refractivity contribution in [1.29, 1.82) is 0 Å². The minimum atomic E-state index is 0.762. The van der Waals surface area contributed by atoms with E-state index < -0.39 is 0 Å². The maximum atomic E-state index is 5.89. The van der Waals surface area contributed by atoms with Gasteiger partial charge in [-0.2, -0.15) is 11.3 Å². The first-order valence-corrected chi connectivity index (χ1v) is 7.37. The largest absolute Gasteiger partial charge is 0.345 e. The second kappa shape index (κ2) is 5.19. The molecular weight excluding hydrogens is 276 g/mol. The van der Waals surface area contributed by atoms with Crippen LogP contribution in [0.2, 0.25) is 5.02 Å². The normalized spacial score (nSPS) is 10.8. The molecule has 96 valence electrons. The van der Waals surface area contributed by atoms with E-state index in [0.29, 0.717) is 0 Å². The minimum absolute atomic E-state index is 0.762. The van der Waals surface area contributed by atoms with Gasteiger partial charge in [-0.1, -0.05) is 23.7 Å². The Morgan fingerprint density at radius 3 is 2.68 bits per heavy atom. The Balaban J connectivity index is 1.87. The molecule has 2 heterocycles. The molecular formula is C15H13ClN2S. The molecule has 0 spiro atoms. The summed E-state index contributed by atoms with van der Waals surface area (Å²) < 4.78 is 0. The first kappa shape index (κ1) is 12.5. The first-order valence-electron chi connectivity index (χ1n) is 6.05. The molecule has 3 rings (SSSR count). The molecule has 1 aromatic carbocycles. The number of aryl methyl sites for hydroxylation is 1. The number of nitrogens with zero attached hydrogens (tertiary/aromatic N) is 1. The number of aromatic amines is 1. The van der Waals surface area contributed by atoms with Gasteiger partial charge in [-0.15, -0.1) is 0 Å². The van der Waals surface area contributed by atoms with Crippen molar-refractivity contribution >= 4 is 22.9 Å². The van der Waals surface area contributed by atoms with Gasteiger partial charge in [-0.25, -0.2) is 4.98 Å². The Kier molecular flexibility index (Phi) is 3.40. The average molecular weight is 289 g/mol. The molecule has 0 aliphatic carbocycles. The molecule has 1 N–H and O–H groups in total. The number of imidazole rings is 1. The standard InChI is InChI=1S/C15H13ClN2S/c1-10-15(12-6-7-19-9-12)18-14(17-10)8-11-2-4-13(16)5-3-11/h2-7,9H,8H2,1H3,(H,17,18). The van der Waals surface area contributed by atoms with Crippen LogP contribution in [0.4, 0.5) is 0 Å². The van der Waals surface area contributed by atoms with Crippen LogP contribution in [0.15, 0.2) is 41.1 Å². The van der Waals surface area contributed by atoms with Crippen LogP contribution in [0, 0.1) is 6.92 Å². The second-order valence-electron chi connectivity index (χ2n) is 4.47. The molecule has 2 aromatic heterocycles. The zero-order valence-corrected chi connectivity index (χ0v) is 12.1. The van der Waals surface area contributed by atoms with E-state index in [1.807, 2.05) is 24.3 Å². The van der Waals surface area contributed by atoms with Gasteiger partial charge in [0.25, 0.3) is 0 Å². The Morgan fingerprint density at radius 2 is 2.00 bits per heavy atom. The molecule has 0 saturated carbocycles. The van der Waals surface area contributed by atoms with E-state index >= 15 is 0 Å². The summed E-state index contributed by atoms with van der Waals surface area (Å²) >= 11 is 7.58. The van der Waals surface area contributed by atoms with Gasteiger partial charge >= 0.3 is 0 Å². The molecule has 0 bridgehead atoms. The number of rotatable bonds is 3. The number of thiophene rings is 1. The van der Waals surface area contributed by atoms with Crippen molar-refractivity contribution in [2.75, 3.05) is 0 Å². The van der Waals surface area contributed by atoms with Crippen LogP contribution in [0.5, 0.6) is 0 Å². The fourth-order valence-electron chi connectivity index (χ4n) is 2.08. The predicted molar refractivity (Wildman–Crippen MR) is 80.9 cm³/mol. The average Bonchev–Trinajstić information content (AvgIpc) is 3.01. The van der Waals surface area contributed by atoms with Crippen molar-refractivity contribution in [2.45, 2.75) is 13.3 Å². The van der Waals surface area contributed by atoms with Crippen molar-refractivity contribution in [2.24, 2.45) is 0 Å². The third-order valence-corrected chi connectivity index (χ3v) is 3.95. The van der Waals surface area contributed by atoms with Gasteiger partial charge in [0.15, 0.2) is 0 Å². The summed E-state index contributed by atoms with van der Waals surface area (Å²) in [5, 5.41) is 4.95. The molecule has 0 fully saturated rings. The van der Waals surface area contributed by atoms with Gasteiger partial charge in [0.05, 0.1) is 5.69 Å². The van der Waals surface area contributed by atoms with Gasteiger partial charge < -0.3 is 4.98 Å². The van der Waals surface area contributed by atoms with Gasteiger partial charge in [-0.05, 0) is 36.1 Å². The highest BCUT2D eigenvalue weighted by Gasteiger charge is 2.09. The fourth-order valence-corrected chi connectivity index (χ4v) is 2.85. The monoisotopic (exact) mass is 288 g/mol. The number of hydrogen-bond acceptors (Lipinski definition) is 2. The smallest absolute Gasteiger partial charge is 0.111 e. The summed E-state index contributed by atoms with van der Waals surface area (Å²) in [7, 11) is 0. The lowest BCUT2D eigenvalue weighted by Gasteiger charge is -1.98. The van der Waals surface area contributed by atoms with E-state index in [4.69, 9.17) is 11.6 Å². The summed E-state index contributed by atoms with van der Waals surface area (Å²) in [6, 6.07) is 9.98. The molecule has 3 aromatic rings. The number of hydrogen-bond donors (Lipinski definition) is 1. The highest BCUT2D eigenvalue weighted by Crippen LogP contribution is 2.24.